The third-order valence-electron chi connectivity index (χ3n) is 2.46. The van der Waals surface area contributed by atoms with Crippen LogP contribution in [-0.2, 0) is 4.74 Å². The van der Waals surface area contributed by atoms with Crippen molar-refractivity contribution >= 4 is 12.2 Å². The number of aromatic nitrogens is 2. The van der Waals surface area contributed by atoms with Gasteiger partial charge in [-0.05, 0) is 32.5 Å². The molecule has 1 aromatic rings. The van der Waals surface area contributed by atoms with Crippen LogP contribution >= 0.6 is 12.2 Å². The van der Waals surface area contributed by atoms with Gasteiger partial charge in [0.15, 0.2) is 4.77 Å². The molecule has 1 atom stereocenters. The second kappa shape index (κ2) is 2.96. The van der Waals surface area contributed by atoms with E-state index >= 15 is 0 Å². The Bertz CT molecular complexity index is 352. The van der Waals surface area contributed by atoms with Crippen molar-refractivity contribution in [3.63, 3.8) is 0 Å². The standard InChI is InChI=1S/C9H14N2OS/c1-9(2)5-7(6-12-9)11-4-3-10-8(11)13/h3-4,7H,5-6H2,1-2H3,(H,10,13). The number of hydrogen-bond acceptors (Lipinski definition) is 2. The van der Waals surface area contributed by atoms with Crippen molar-refractivity contribution < 1.29 is 4.74 Å². The van der Waals surface area contributed by atoms with Crippen molar-refractivity contribution in [1.82, 2.24) is 9.55 Å². The molecule has 1 fully saturated rings. The van der Waals surface area contributed by atoms with Gasteiger partial charge in [-0.3, -0.25) is 0 Å². The first kappa shape index (κ1) is 8.97. The van der Waals surface area contributed by atoms with E-state index in [1.54, 1.807) is 0 Å². The zero-order valence-electron chi connectivity index (χ0n) is 7.91. The maximum Gasteiger partial charge on any atom is 0.177 e. The number of nitrogens with zero attached hydrogens (tertiary/aromatic N) is 1. The lowest BCUT2D eigenvalue weighted by molar-refractivity contribution is 0.0352. The Labute approximate surface area is 82.7 Å². The fourth-order valence-electron chi connectivity index (χ4n) is 1.80. The first-order chi connectivity index (χ1) is 6.08. The molecule has 1 saturated heterocycles. The number of hydrogen-bond donors (Lipinski definition) is 1. The molecule has 1 aliphatic rings. The van der Waals surface area contributed by atoms with E-state index in [1.807, 2.05) is 12.4 Å². The number of nitrogens with one attached hydrogen (secondary N) is 1. The Kier molecular flexibility index (Phi) is 2.04. The summed E-state index contributed by atoms with van der Waals surface area (Å²) in [7, 11) is 0. The molecule has 0 aliphatic carbocycles. The van der Waals surface area contributed by atoms with E-state index in [2.05, 4.69) is 23.4 Å². The highest BCUT2D eigenvalue weighted by Gasteiger charge is 2.32. The molecule has 0 spiro atoms. The molecule has 0 aromatic carbocycles. The summed E-state index contributed by atoms with van der Waals surface area (Å²) in [5.41, 5.74) is -0.00326. The van der Waals surface area contributed by atoms with E-state index in [1.165, 1.54) is 0 Å². The Hall–Kier alpha value is -0.610. The quantitative estimate of drug-likeness (QED) is 0.702. The van der Waals surface area contributed by atoms with Crippen LogP contribution in [0.15, 0.2) is 12.4 Å². The second-order valence-corrected chi connectivity index (χ2v) is 4.49. The molecule has 13 heavy (non-hydrogen) atoms. The fourth-order valence-corrected chi connectivity index (χ4v) is 2.08. The molecule has 1 aromatic heterocycles. The summed E-state index contributed by atoms with van der Waals surface area (Å²) < 4.78 is 8.51. The number of imidazole rings is 1. The molecule has 4 heteroatoms. The molecule has 3 nitrogen and oxygen atoms in total. The molecule has 2 heterocycles. The zero-order valence-corrected chi connectivity index (χ0v) is 8.73. The molecule has 1 unspecified atom stereocenters. The first-order valence-corrected chi connectivity index (χ1v) is 4.89. The first-order valence-electron chi connectivity index (χ1n) is 4.48. The van der Waals surface area contributed by atoms with Gasteiger partial charge in [-0.1, -0.05) is 0 Å². The van der Waals surface area contributed by atoms with E-state index in [0.29, 0.717) is 6.04 Å². The minimum absolute atomic E-state index is 0.00326. The predicted octanol–water partition coefficient (Wildman–Crippen LogP) is 2.29. The average Bonchev–Trinajstić information content (AvgIpc) is 2.56. The Morgan fingerprint density at radius 1 is 1.69 bits per heavy atom. The van der Waals surface area contributed by atoms with Crippen molar-refractivity contribution in [2.45, 2.75) is 31.9 Å². The minimum atomic E-state index is -0.00326. The summed E-state index contributed by atoms with van der Waals surface area (Å²) in [5.74, 6) is 0. The van der Waals surface area contributed by atoms with Gasteiger partial charge in [0.25, 0.3) is 0 Å². The van der Waals surface area contributed by atoms with E-state index in [-0.39, 0.29) is 5.60 Å². The van der Waals surface area contributed by atoms with Crippen LogP contribution in [0.5, 0.6) is 0 Å². The molecule has 0 radical (unpaired) electrons. The highest BCUT2D eigenvalue weighted by molar-refractivity contribution is 7.71. The summed E-state index contributed by atoms with van der Waals surface area (Å²) in [6.45, 7) is 4.99. The molecule has 1 aliphatic heterocycles. The third-order valence-corrected chi connectivity index (χ3v) is 2.79. The Morgan fingerprint density at radius 2 is 2.46 bits per heavy atom. The van der Waals surface area contributed by atoms with Crippen LogP contribution in [-0.4, -0.2) is 21.8 Å². The summed E-state index contributed by atoms with van der Waals surface area (Å²) >= 11 is 5.15. The summed E-state index contributed by atoms with van der Waals surface area (Å²) in [6.07, 6.45) is 4.88. The van der Waals surface area contributed by atoms with Gasteiger partial charge >= 0.3 is 0 Å². The smallest absolute Gasteiger partial charge is 0.177 e. The van der Waals surface area contributed by atoms with Crippen LogP contribution in [0.1, 0.15) is 26.3 Å². The van der Waals surface area contributed by atoms with E-state index < -0.39 is 0 Å². The van der Waals surface area contributed by atoms with Gasteiger partial charge in [0, 0.05) is 12.4 Å². The summed E-state index contributed by atoms with van der Waals surface area (Å²) in [6, 6.07) is 0.397. The van der Waals surface area contributed by atoms with Crippen LogP contribution < -0.4 is 0 Å². The van der Waals surface area contributed by atoms with Crippen LogP contribution in [0.2, 0.25) is 0 Å². The molecular formula is C9H14N2OS. The highest BCUT2D eigenvalue weighted by atomic mass is 32.1. The van der Waals surface area contributed by atoms with Gasteiger partial charge in [0.1, 0.15) is 0 Å². The van der Waals surface area contributed by atoms with E-state index in [0.717, 1.165) is 17.8 Å². The van der Waals surface area contributed by atoms with Crippen LogP contribution in [0.4, 0.5) is 0 Å². The van der Waals surface area contributed by atoms with Crippen molar-refractivity contribution in [3.8, 4) is 0 Å². The average molecular weight is 198 g/mol. The van der Waals surface area contributed by atoms with Crippen LogP contribution in [0, 0.1) is 4.77 Å². The number of H-pyrrole nitrogens is 1. The topological polar surface area (TPSA) is 29.9 Å². The van der Waals surface area contributed by atoms with Crippen LogP contribution in [0.25, 0.3) is 0 Å². The molecule has 72 valence electrons. The molecular weight excluding hydrogens is 184 g/mol. The van der Waals surface area contributed by atoms with Gasteiger partial charge < -0.3 is 14.3 Å². The van der Waals surface area contributed by atoms with Gasteiger partial charge in [0.05, 0.1) is 18.2 Å². The van der Waals surface area contributed by atoms with E-state index in [9.17, 15) is 0 Å². The monoisotopic (exact) mass is 198 g/mol. The lowest BCUT2D eigenvalue weighted by Gasteiger charge is -2.15. The second-order valence-electron chi connectivity index (χ2n) is 4.10. The largest absolute Gasteiger partial charge is 0.373 e. The van der Waals surface area contributed by atoms with Crippen molar-refractivity contribution in [2.75, 3.05) is 6.61 Å². The highest BCUT2D eigenvalue weighted by Crippen LogP contribution is 2.32. The summed E-state index contributed by atoms with van der Waals surface area (Å²) in [4.78, 5) is 3.00. The summed E-state index contributed by atoms with van der Waals surface area (Å²) in [5, 5.41) is 0. The SMILES string of the molecule is CC1(C)CC(n2cc[nH]c2=S)CO1. The minimum Gasteiger partial charge on any atom is -0.373 e. The van der Waals surface area contributed by atoms with Crippen LogP contribution in [0.3, 0.4) is 0 Å². The maximum absolute atomic E-state index is 5.65. The lowest BCUT2D eigenvalue weighted by atomic mass is 10.0. The molecule has 2 rings (SSSR count). The lowest BCUT2D eigenvalue weighted by Crippen LogP contribution is -2.17. The van der Waals surface area contributed by atoms with Crippen molar-refractivity contribution in [2.24, 2.45) is 0 Å². The Balaban J connectivity index is 2.22. The molecule has 0 bridgehead atoms. The Morgan fingerprint density at radius 3 is 2.92 bits per heavy atom. The van der Waals surface area contributed by atoms with Gasteiger partial charge in [-0.25, -0.2) is 0 Å². The number of aromatic amines is 1. The molecule has 1 N–H and O–H groups in total. The van der Waals surface area contributed by atoms with Gasteiger partial charge in [-0.2, -0.15) is 0 Å². The van der Waals surface area contributed by atoms with E-state index in [4.69, 9.17) is 17.0 Å². The molecule has 0 saturated carbocycles. The molecule has 0 amide bonds. The zero-order chi connectivity index (χ0) is 9.47. The van der Waals surface area contributed by atoms with Gasteiger partial charge in [-0.15, -0.1) is 0 Å². The predicted molar refractivity (Wildman–Crippen MR) is 53.3 cm³/mol. The number of rotatable bonds is 1. The van der Waals surface area contributed by atoms with Gasteiger partial charge in [0.2, 0.25) is 0 Å². The normalized spacial score (nSPS) is 26.5. The third kappa shape index (κ3) is 1.69. The van der Waals surface area contributed by atoms with Crippen molar-refractivity contribution in [1.29, 1.82) is 0 Å². The number of ether oxygens (including phenoxy) is 1. The fraction of sp³-hybridized carbons (Fsp3) is 0.667. The maximum atomic E-state index is 5.65. The van der Waals surface area contributed by atoms with Crippen molar-refractivity contribution in [3.05, 3.63) is 17.2 Å².